The van der Waals surface area contributed by atoms with Crippen LogP contribution in [0.4, 0.5) is 0 Å². The Hall–Kier alpha value is -1.06. The molecule has 17 heavy (non-hydrogen) atoms. The second-order valence-corrected chi connectivity index (χ2v) is 4.43. The Labute approximate surface area is 111 Å². The minimum Gasteiger partial charge on any atom is -0.277 e. The van der Waals surface area contributed by atoms with Crippen molar-refractivity contribution in [3.8, 4) is 0 Å². The number of carbonyl (C=O) groups excluding carboxylic acids is 1. The van der Waals surface area contributed by atoms with Crippen LogP contribution < -0.4 is 5.43 Å². The summed E-state index contributed by atoms with van der Waals surface area (Å²) in [6.07, 6.45) is 4.12. The third-order valence-electron chi connectivity index (χ3n) is 2.34. The van der Waals surface area contributed by atoms with E-state index in [1.165, 1.54) is 0 Å². The van der Waals surface area contributed by atoms with E-state index in [0.717, 1.165) is 18.4 Å². The first-order valence-electron chi connectivity index (χ1n) is 5.36. The van der Waals surface area contributed by atoms with Gasteiger partial charge in [0.15, 0.2) is 0 Å². The smallest absolute Gasteiger partial charge is 0.227 e. The molecule has 0 bridgehead atoms. The first kappa shape index (κ1) is 14.0. The SMILES string of the molecule is CCCC(/C=N/NC=O)c1ccc(Cl)cc1Cl. The van der Waals surface area contributed by atoms with E-state index >= 15 is 0 Å². The van der Waals surface area contributed by atoms with Gasteiger partial charge in [-0.3, -0.25) is 10.2 Å². The molecule has 0 radical (unpaired) electrons. The second-order valence-electron chi connectivity index (χ2n) is 3.59. The Bertz CT molecular complexity index is 407. The molecule has 0 aromatic heterocycles. The van der Waals surface area contributed by atoms with Gasteiger partial charge >= 0.3 is 0 Å². The van der Waals surface area contributed by atoms with Crippen molar-refractivity contribution >= 4 is 35.8 Å². The van der Waals surface area contributed by atoms with Gasteiger partial charge in [-0.05, 0) is 24.1 Å². The van der Waals surface area contributed by atoms with Gasteiger partial charge in [0, 0.05) is 22.2 Å². The van der Waals surface area contributed by atoms with Gasteiger partial charge in [-0.15, -0.1) is 0 Å². The van der Waals surface area contributed by atoms with Gasteiger partial charge < -0.3 is 0 Å². The molecule has 5 heteroatoms. The third-order valence-corrected chi connectivity index (χ3v) is 2.91. The van der Waals surface area contributed by atoms with Crippen molar-refractivity contribution in [1.29, 1.82) is 0 Å². The van der Waals surface area contributed by atoms with Crippen LogP contribution in [-0.4, -0.2) is 12.6 Å². The summed E-state index contributed by atoms with van der Waals surface area (Å²) in [5, 5.41) is 5.04. The molecule has 1 atom stereocenters. The molecule has 1 aromatic rings. The van der Waals surface area contributed by atoms with Crippen LogP contribution in [0.1, 0.15) is 31.2 Å². The third kappa shape index (κ3) is 4.36. The standard InChI is InChI=1S/C12H14Cl2N2O/c1-2-3-9(7-15-16-8-17)11-5-4-10(13)6-12(11)14/h4-9H,2-3H2,1H3,(H,16,17)/b15-7+. The van der Waals surface area contributed by atoms with Gasteiger partial charge in [-0.2, -0.15) is 5.10 Å². The van der Waals surface area contributed by atoms with Crippen LogP contribution in [-0.2, 0) is 4.79 Å². The molecular formula is C12H14Cl2N2O. The highest BCUT2D eigenvalue weighted by Gasteiger charge is 2.12. The lowest BCUT2D eigenvalue weighted by Gasteiger charge is -2.13. The summed E-state index contributed by atoms with van der Waals surface area (Å²) < 4.78 is 0. The number of nitrogens with one attached hydrogen (secondary N) is 1. The molecule has 1 N–H and O–H groups in total. The van der Waals surface area contributed by atoms with Crippen LogP contribution >= 0.6 is 23.2 Å². The summed E-state index contributed by atoms with van der Waals surface area (Å²) in [7, 11) is 0. The number of hydrogen-bond acceptors (Lipinski definition) is 2. The number of hydrazone groups is 1. The maximum atomic E-state index is 10.1. The van der Waals surface area contributed by atoms with Crippen LogP contribution in [0.25, 0.3) is 0 Å². The van der Waals surface area contributed by atoms with E-state index in [1.807, 2.05) is 6.07 Å². The van der Waals surface area contributed by atoms with Crippen LogP contribution in [0.2, 0.25) is 10.0 Å². The number of nitrogens with zero attached hydrogens (tertiary/aromatic N) is 1. The van der Waals surface area contributed by atoms with Crippen molar-refractivity contribution in [2.24, 2.45) is 5.10 Å². The van der Waals surface area contributed by atoms with E-state index in [1.54, 1.807) is 18.3 Å². The first-order chi connectivity index (χ1) is 8.19. The predicted octanol–water partition coefficient (Wildman–Crippen LogP) is 3.61. The van der Waals surface area contributed by atoms with E-state index in [-0.39, 0.29) is 5.92 Å². The highest BCUT2D eigenvalue weighted by Crippen LogP contribution is 2.29. The van der Waals surface area contributed by atoms with Gasteiger partial charge in [0.25, 0.3) is 0 Å². The first-order valence-corrected chi connectivity index (χ1v) is 6.12. The van der Waals surface area contributed by atoms with Crippen molar-refractivity contribution in [3.05, 3.63) is 33.8 Å². The average molecular weight is 273 g/mol. The van der Waals surface area contributed by atoms with Crippen molar-refractivity contribution in [1.82, 2.24) is 5.43 Å². The Morgan fingerprint density at radius 3 is 2.82 bits per heavy atom. The zero-order valence-corrected chi connectivity index (χ0v) is 11.0. The predicted molar refractivity (Wildman–Crippen MR) is 71.8 cm³/mol. The van der Waals surface area contributed by atoms with Crippen LogP contribution in [0.3, 0.4) is 0 Å². The molecule has 0 aliphatic heterocycles. The molecule has 0 fully saturated rings. The average Bonchev–Trinajstić information content (AvgIpc) is 2.28. The van der Waals surface area contributed by atoms with E-state index in [2.05, 4.69) is 17.5 Å². The monoisotopic (exact) mass is 272 g/mol. The molecule has 1 amide bonds. The lowest BCUT2D eigenvalue weighted by Crippen LogP contribution is -2.06. The molecule has 0 aliphatic carbocycles. The maximum Gasteiger partial charge on any atom is 0.227 e. The van der Waals surface area contributed by atoms with Crippen LogP contribution in [0.5, 0.6) is 0 Å². The van der Waals surface area contributed by atoms with Crippen molar-refractivity contribution in [2.45, 2.75) is 25.7 Å². The highest BCUT2D eigenvalue weighted by molar-refractivity contribution is 6.35. The minimum absolute atomic E-state index is 0.0808. The maximum absolute atomic E-state index is 10.1. The Morgan fingerprint density at radius 2 is 2.24 bits per heavy atom. The van der Waals surface area contributed by atoms with Crippen molar-refractivity contribution in [3.63, 3.8) is 0 Å². The van der Waals surface area contributed by atoms with E-state index in [4.69, 9.17) is 23.2 Å². The summed E-state index contributed by atoms with van der Waals surface area (Å²) in [4.78, 5) is 10.1. The topological polar surface area (TPSA) is 41.5 Å². The molecule has 0 saturated heterocycles. The summed E-state index contributed by atoms with van der Waals surface area (Å²) in [6.45, 7) is 2.08. The highest BCUT2D eigenvalue weighted by atomic mass is 35.5. The summed E-state index contributed by atoms with van der Waals surface area (Å²) in [6, 6.07) is 5.40. The fourth-order valence-corrected chi connectivity index (χ4v) is 2.14. The molecule has 0 heterocycles. The lowest BCUT2D eigenvalue weighted by atomic mass is 9.96. The number of halogens is 2. The largest absolute Gasteiger partial charge is 0.277 e. The summed E-state index contributed by atoms with van der Waals surface area (Å²) in [5.41, 5.74) is 3.22. The van der Waals surface area contributed by atoms with Gasteiger partial charge in [-0.25, -0.2) is 0 Å². The Balaban J connectivity index is 2.92. The van der Waals surface area contributed by atoms with Crippen LogP contribution in [0, 0.1) is 0 Å². The molecular weight excluding hydrogens is 259 g/mol. The Morgan fingerprint density at radius 1 is 1.47 bits per heavy atom. The molecule has 92 valence electrons. The lowest BCUT2D eigenvalue weighted by molar-refractivity contribution is -0.109. The normalized spacial score (nSPS) is 12.6. The zero-order chi connectivity index (χ0) is 12.7. The summed E-state index contributed by atoms with van der Waals surface area (Å²) >= 11 is 12.0. The molecule has 0 saturated carbocycles. The number of carbonyl (C=O) groups is 1. The van der Waals surface area contributed by atoms with E-state index < -0.39 is 0 Å². The number of amides is 1. The number of hydrogen-bond donors (Lipinski definition) is 1. The molecule has 1 unspecified atom stereocenters. The van der Waals surface area contributed by atoms with Crippen molar-refractivity contribution < 1.29 is 4.79 Å². The summed E-state index contributed by atoms with van der Waals surface area (Å²) in [5.74, 6) is 0.0808. The van der Waals surface area contributed by atoms with Gasteiger partial charge in [0.1, 0.15) is 0 Å². The zero-order valence-electron chi connectivity index (χ0n) is 9.49. The van der Waals surface area contributed by atoms with Crippen molar-refractivity contribution in [2.75, 3.05) is 0 Å². The van der Waals surface area contributed by atoms with Gasteiger partial charge in [0.2, 0.25) is 6.41 Å². The van der Waals surface area contributed by atoms with Gasteiger partial charge in [0.05, 0.1) is 0 Å². The molecule has 1 aromatic carbocycles. The number of rotatable bonds is 6. The Kier molecular flexibility index (Phi) is 6.01. The second kappa shape index (κ2) is 7.30. The van der Waals surface area contributed by atoms with E-state index in [9.17, 15) is 4.79 Å². The minimum atomic E-state index is 0.0808. The fraction of sp³-hybridized carbons (Fsp3) is 0.333. The molecule has 3 nitrogen and oxygen atoms in total. The number of benzene rings is 1. The van der Waals surface area contributed by atoms with Gasteiger partial charge in [-0.1, -0.05) is 42.6 Å². The van der Waals surface area contributed by atoms with E-state index in [0.29, 0.717) is 16.5 Å². The molecule has 0 aliphatic rings. The van der Waals surface area contributed by atoms with Crippen LogP contribution in [0.15, 0.2) is 23.3 Å². The fourth-order valence-electron chi connectivity index (χ4n) is 1.59. The molecule has 1 rings (SSSR count). The quantitative estimate of drug-likeness (QED) is 0.480. The molecule has 0 spiro atoms.